The zero-order valence-corrected chi connectivity index (χ0v) is 14.2. The van der Waals surface area contributed by atoms with Crippen molar-refractivity contribution in [2.24, 2.45) is 0 Å². The van der Waals surface area contributed by atoms with Crippen LogP contribution in [0.25, 0.3) is 0 Å². The number of amides is 3. The van der Waals surface area contributed by atoms with Crippen molar-refractivity contribution >= 4 is 17.7 Å². The van der Waals surface area contributed by atoms with Crippen LogP contribution in [-0.2, 0) is 27.5 Å². The zero-order valence-electron chi connectivity index (χ0n) is 14.2. The maximum atomic E-state index is 12.9. The first kappa shape index (κ1) is 16.6. The molecule has 128 valence electrons. The summed E-state index contributed by atoms with van der Waals surface area (Å²) < 4.78 is 5.81. The molecule has 0 aromatic heterocycles. The zero-order chi connectivity index (χ0) is 17.5. The molecule has 3 amide bonds. The first-order valence-electron chi connectivity index (χ1n) is 8.15. The molecule has 6 heteroatoms. The highest BCUT2D eigenvalue weighted by molar-refractivity contribution is 6.05. The Kier molecular flexibility index (Phi) is 4.17. The van der Waals surface area contributed by atoms with E-state index in [1.165, 1.54) is 0 Å². The van der Waals surface area contributed by atoms with Crippen molar-refractivity contribution in [3.8, 4) is 0 Å². The highest BCUT2D eigenvalue weighted by Crippen LogP contribution is 2.30. The fraction of sp³-hybridized carbons (Fsp3) is 0.500. The summed E-state index contributed by atoms with van der Waals surface area (Å²) in [5.41, 5.74) is 2.07. The molecule has 24 heavy (non-hydrogen) atoms. The molecule has 0 radical (unpaired) electrons. The summed E-state index contributed by atoms with van der Waals surface area (Å²) in [6, 6.07) is 5.11. The SMILES string of the molecule is CC(C)(C)OCc1cccc2c1C(=O)N(C1CCC(=O)NC1=O)C2. The van der Waals surface area contributed by atoms with E-state index in [4.69, 9.17) is 4.74 Å². The molecule has 0 spiro atoms. The van der Waals surface area contributed by atoms with Crippen LogP contribution >= 0.6 is 0 Å². The Morgan fingerprint density at radius 1 is 1.25 bits per heavy atom. The van der Waals surface area contributed by atoms with Gasteiger partial charge in [0.2, 0.25) is 11.8 Å². The van der Waals surface area contributed by atoms with Gasteiger partial charge >= 0.3 is 0 Å². The second kappa shape index (κ2) is 6.02. The monoisotopic (exact) mass is 330 g/mol. The van der Waals surface area contributed by atoms with E-state index in [1.807, 2.05) is 39.0 Å². The summed E-state index contributed by atoms with van der Waals surface area (Å²) in [6.07, 6.45) is 0.634. The summed E-state index contributed by atoms with van der Waals surface area (Å²) in [6.45, 7) is 6.64. The predicted molar refractivity (Wildman–Crippen MR) is 87.0 cm³/mol. The maximum Gasteiger partial charge on any atom is 0.255 e. The largest absolute Gasteiger partial charge is 0.371 e. The van der Waals surface area contributed by atoms with Crippen LogP contribution < -0.4 is 5.32 Å². The third-order valence-corrected chi connectivity index (χ3v) is 4.30. The van der Waals surface area contributed by atoms with Crippen LogP contribution in [0.1, 0.15) is 55.1 Å². The number of fused-ring (bicyclic) bond motifs is 1. The number of hydrogen-bond acceptors (Lipinski definition) is 4. The minimum Gasteiger partial charge on any atom is -0.371 e. The number of nitrogens with one attached hydrogen (secondary N) is 1. The summed E-state index contributed by atoms with van der Waals surface area (Å²) in [7, 11) is 0. The standard InChI is InChI=1S/C18H22N2O4/c1-18(2,3)24-10-12-6-4-5-11-9-20(17(23)15(11)12)13-7-8-14(21)19-16(13)22/h4-6,13H,7-10H2,1-3H3,(H,19,21,22). The predicted octanol–water partition coefficient (Wildman–Crippen LogP) is 1.76. The van der Waals surface area contributed by atoms with Gasteiger partial charge in [0, 0.05) is 13.0 Å². The minimum absolute atomic E-state index is 0.160. The van der Waals surface area contributed by atoms with Gasteiger partial charge in [-0.3, -0.25) is 19.7 Å². The molecule has 2 aliphatic heterocycles. The van der Waals surface area contributed by atoms with E-state index in [9.17, 15) is 14.4 Å². The van der Waals surface area contributed by atoms with Crippen LogP contribution in [-0.4, -0.2) is 34.3 Å². The molecule has 1 fully saturated rings. The molecular formula is C18H22N2O4. The minimum atomic E-state index is -0.584. The van der Waals surface area contributed by atoms with E-state index >= 15 is 0 Å². The van der Waals surface area contributed by atoms with Crippen LogP contribution in [0.4, 0.5) is 0 Å². The molecule has 0 aliphatic carbocycles. The second-order valence-electron chi connectivity index (χ2n) is 7.25. The van der Waals surface area contributed by atoms with E-state index in [0.717, 1.165) is 11.1 Å². The number of carbonyl (C=O) groups is 3. The van der Waals surface area contributed by atoms with E-state index in [0.29, 0.717) is 25.1 Å². The second-order valence-corrected chi connectivity index (χ2v) is 7.25. The average molecular weight is 330 g/mol. The lowest BCUT2D eigenvalue weighted by molar-refractivity contribution is -0.136. The average Bonchev–Trinajstić information content (AvgIpc) is 2.82. The topological polar surface area (TPSA) is 75.7 Å². The number of hydrogen-bond donors (Lipinski definition) is 1. The number of benzene rings is 1. The van der Waals surface area contributed by atoms with Crippen molar-refractivity contribution < 1.29 is 19.1 Å². The third kappa shape index (κ3) is 3.19. The lowest BCUT2D eigenvalue weighted by Gasteiger charge is -2.29. The molecule has 2 aliphatic rings. The molecule has 6 nitrogen and oxygen atoms in total. The molecule has 0 saturated carbocycles. The van der Waals surface area contributed by atoms with Crippen LogP contribution in [0.5, 0.6) is 0 Å². The van der Waals surface area contributed by atoms with Gasteiger partial charge in [-0.15, -0.1) is 0 Å². The van der Waals surface area contributed by atoms with Crippen molar-refractivity contribution in [1.82, 2.24) is 10.2 Å². The van der Waals surface area contributed by atoms with Gasteiger partial charge in [-0.05, 0) is 38.3 Å². The third-order valence-electron chi connectivity index (χ3n) is 4.30. The van der Waals surface area contributed by atoms with E-state index in [-0.39, 0.29) is 29.7 Å². The van der Waals surface area contributed by atoms with E-state index in [2.05, 4.69) is 5.32 Å². The van der Waals surface area contributed by atoms with Gasteiger partial charge in [0.25, 0.3) is 5.91 Å². The molecular weight excluding hydrogens is 308 g/mol. The van der Waals surface area contributed by atoms with Crippen molar-refractivity contribution in [2.45, 2.75) is 58.4 Å². The number of ether oxygens (including phenoxy) is 1. The fourth-order valence-electron chi connectivity index (χ4n) is 3.10. The summed E-state index contributed by atoms with van der Waals surface area (Å²) in [5, 5.41) is 2.32. The van der Waals surface area contributed by atoms with Crippen molar-refractivity contribution in [3.63, 3.8) is 0 Å². The molecule has 2 heterocycles. The Bertz CT molecular complexity index is 705. The van der Waals surface area contributed by atoms with Gasteiger partial charge in [-0.1, -0.05) is 18.2 Å². The number of carbonyl (C=O) groups excluding carboxylic acids is 3. The normalized spacial score (nSPS) is 21.0. The van der Waals surface area contributed by atoms with Gasteiger partial charge in [0.1, 0.15) is 6.04 Å². The van der Waals surface area contributed by atoms with Gasteiger partial charge in [0.15, 0.2) is 0 Å². The Hall–Kier alpha value is -2.21. The highest BCUT2D eigenvalue weighted by atomic mass is 16.5. The van der Waals surface area contributed by atoms with Gasteiger partial charge in [-0.25, -0.2) is 0 Å². The van der Waals surface area contributed by atoms with E-state index < -0.39 is 6.04 Å². The molecule has 1 atom stereocenters. The van der Waals surface area contributed by atoms with Crippen LogP contribution in [0.3, 0.4) is 0 Å². The van der Waals surface area contributed by atoms with Gasteiger partial charge in [-0.2, -0.15) is 0 Å². The molecule has 3 rings (SSSR count). The molecule has 1 aromatic carbocycles. The quantitative estimate of drug-likeness (QED) is 0.857. The van der Waals surface area contributed by atoms with Crippen LogP contribution in [0, 0.1) is 0 Å². The number of rotatable bonds is 3. The molecule has 1 N–H and O–H groups in total. The van der Waals surface area contributed by atoms with Gasteiger partial charge < -0.3 is 9.64 Å². The number of piperidine rings is 1. The molecule has 1 unspecified atom stereocenters. The summed E-state index contributed by atoms with van der Waals surface area (Å²) in [5.74, 6) is -0.827. The molecule has 1 aromatic rings. The Balaban J connectivity index is 1.83. The summed E-state index contributed by atoms with van der Waals surface area (Å²) >= 11 is 0. The number of nitrogens with zero attached hydrogens (tertiary/aromatic N) is 1. The van der Waals surface area contributed by atoms with Gasteiger partial charge in [0.05, 0.1) is 17.8 Å². The van der Waals surface area contributed by atoms with Crippen LogP contribution in [0.15, 0.2) is 18.2 Å². The highest BCUT2D eigenvalue weighted by Gasteiger charge is 2.40. The Morgan fingerprint density at radius 2 is 2.00 bits per heavy atom. The lowest BCUT2D eigenvalue weighted by Crippen LogP contribution is -2.52. The first-order chi connectivity index (χ1) is 11.3. The lowest BCUT2D eigenvalue weighted by atomic mass is 10.0. The Labute approximate surface area is 141 Å². The number of imide groups is 1. The molecule has 0 bridgehead atoms. The fourth-order valence-corrected chi connectivity index (χ4v) is 3.10. The van der Waals surface area contributed by atoms with Crippen LogP contribution in [0.2, 0.25) is 0 Å². The maximum absolute atomic E-state index is 12.9. The molecule has 1 saturated heterocycles. The Morgan fingerprint density at radius 3 is 2.67 bits per heavy atom. The first-order valence-corrected chi connectivity index (χ1v) is 8.15. The van der Waals surface area contributed by atoms with E-state index in [1.54, 1.807) is 4.90 Å². The van der Waals surface area contributed by atoms with Crippen molar-refractivity contribution in [2.75, 3.05) is 0 Å². The van der Waals surface area contributed by atoms with Crippen molar-refractivity contribution in [1.29, 1.82) is 0 Å². The smallest absolute Gasteiger partial charge is 0.255 e. The summed E-state index contributed by atoms with van der Waals surface area (Å²) in [4.78, 5) is 37.8. The van der Waals surface area contributed by atoms with Crippen molar-refractivity contribution in [3.05, 3.63) is 34.9 Å².